The first-order valence-electron chi connectivity index (χ1n) is 12.3. The zero-order chi connectivity index (χ0) is 24.5. The van der Waals surface area contributed by atoms with Crippen molar-refractivity contribution in [3.63, 3.8) is 0 Å². The van der Waals surface area contributed by atoms with Crippen LogP contribution in [0.2, 0.25) is 0 Å². The molecule has 0 saturated heterocycles. The number of amides is 3. The molecule has 1 fully saturated rings. The molecule has 0 radical (unpaired) electrons. The molecule has 3 aliphatic rings. The monoisotopic (exact) mass is 475 g/mol. The highest BCUT2D eigenvalue weighted by Gasteiger charge is 2.44. The van der Waals surface area contributed by atoms with Crippen LogP contribution in [0.1, 0.15) is 53.6 Å². The maximum Gasteiger partial charge on any atom is 0.327 e. The van der Waals surface area contributed by atoms with Gasteiger partial charge in [-0.15, -0.1) is 0 Å². The molecule has 0 bridgehead atoms. The Morgan fingerprint density at radius 2 is 1.66 bits per heavy atom. The molecule has 0 spiro atoms. The fraction of sp³-hybridized carbons (Fsp3) is 0.407. The Kier molecular flexibility index (Phi) is 6.28. The Hall–Kier alpha value is -3.68. The Morgan fingerprint density at radius 1 is 0.943 bits per heavy atom. The Bertz CT molecular complexity index is 1160. The average molecular weight is 476 g/mol. The average Bonchev–Trinajstić information content (AvgIpc) is 3.50. The molecule has 5 rings (SSSR count). The molecule has 182 valence electrons. The second kappa shape index (κ2) is 9.52. The highest BCUT2D eigenvalue weighted by molar-refractivity contribution is 6.07. The lowest BCUT2D eigenvalue weighted by Crippen LogP contribution is -2.57. The number of carbonyl (C=O) groups excluding carboxylic acids is 3. The van der Waals surface area contributed by atoms with Crippen LogP contribution in [-0.4, -0.2) is 46.9 Å². The quantitative estimate of drug-likeness (QED) is 0.594. The SMILES string of the molecule is O=C(N[C@H](C(=O)N[C@H]1CCc2cccc3c2N(C1=O)[C@H](C(=O)O)C3)C1CCCC1)c1ccccc1. The van der Waals surface area contributed by atoms with E-state index in [1.165, 1.54) is 4.90 Å². The number of carboxylic acids is 1. The molecule has 3 atom stereocenters. The molecule has 1 saturated carbocycles. The largest absolute Gasteiger partial charge is 0.480 e. The van der Waals surface area contributed by atoms with Crippen molar-refractivity contribution in [1.29, 1.82) is 0 Å². The van der Waals surface area contributed by atoms with Gasteiger partial charge in [-0.2, -0.15) is 0 Å². The van der Waals surface area contributed by atoms with Gasteiger partial charge in [0.05, 0.1) is 5.69 Å². The normalized spacial score (nSPS) is 22.3. The Balaban J connectivity index is 1.38. The number of carboxylic acid groups (broad SMARTS) is 1. The number of rotatable bonds is 6. The van der Waals surface area contributed by atoms with Gasteiger partial charge in [0.2, 0.25) is 11.8 Å². The number of carbonyl (C=O) groups is 4. The van der Waals surface area contributed by atoms with E-state index in [0.29, 0.717) is 24.1 Å². The summed E-state index contributed by atoms with van der Waals surface area (Å²) < 4.78 is 0. The first-order valence-corrected chi connectivity index (χ1v) is 12.3. The van der Waals surface area contributed by atoms with Crippen molar-refractivity contribution in [3.8, 4) is 0 Å². The van der Waals surface area contributed by atoms with Crippen LogP contribution < -0.4 is 15.5 Å². The van der Waals surface area contributed by atoms with Crippen LogP contribution in [0.25, 0.3) is 0 Å². The summed E-state index contributed by atoms with van der Waals surface area (Å²) in [6, 6.07) is 11.8. The van der Waals surface area contributed by atoms with Crippen molar-refractivity contribution in [3.05, 3.63) is 65.2 Å². The molecule has 1 aliphatic carbocycles. The molecule has 2 aliphatic heterocycles. The third-order valence-corrected chi connectivity index (χ3v) is 7.48. The van der Waals surface area contributed by atoms with Gasteiger partial charge in [-0.3, -0.25) is 19.3 Å². The van der Waals surface area contributed by atoms with Crippen molar-refractivity contribution in [2.24, 2.45) is 5.92 Å². The summed E-state index contributed by atoms with van der Waals surface area (Å²) in [4.78, 5) is 53.3. The third kappa shape index (κ3) is 4.40. The van der Waals surface area contributed by atoms with Crippen molar-refractivity contribution in [2.45, 2.75) is 63.1 Å². The van der Waals surface area contributed by atoms with Crippen molar-refractivity contribution < 1.29 is 24.3 Å². The molecule has 8 nitrogen and oxygen atoms in total. The van der Waals surface area contributed by atoms with Gasteiger partial charge in [0, 0.05) is 12.0 Å². The number of aliphatic carboxylic acids is 1. The predicted octanol–water partition coefficient (Wildman–Crippen LogP) is 2.45. The summed E-state index contributed by atoms with van der Waals surface area (Å²) in [6.45, 7) is 0. The molecule has 2 heterocycles. The predicted molar refractivity (Wildman–Crippen MR) is 129 cm³/mol. The molecule has 2 aromatic carbocycles. The molecule has 0 aromatic heterocycles. The summed E-state index contributed by atoms with van der Waals surface area (Å²) in [5, 5.41) is 15.6. The first kappa shape index (κ1) is 23.1. The smallest absolute Gasteiger partial charge is 0.327 e. The fourth-order valence-corrected chi connectivity index (χ4v) is 5.73. The van der Waals surface area contributed by atoms with Crippen LogP contribution in [0.3, 0.4) is 0 Å². The molecule has 8 heteroatoms. The van der Waals surface area contributed by atoms with E-state index in [2.05, 4.69) is 10.6 Å². The van der Waals surface area contributed by atoms with Crippen LogP contribution in [-0.2, 0) is 27.2 Å². The molecular formula is C27H29N3O5. The second-order valence-corrected chi connectivity index (χ2v) is 9.65. The maximum atomic E-state index is 13.6. The van der Waals surface area contributed by atoms with Gasteiger partial charge < -0.3 is 15.7 Å². The number of hydrogen-bond acceptors (Lipinski definition) is 4. The van der Waals surface area contributed by atoms with Crippen LogP contribution in [0, 0.1) is 5.92 Å². The lowest BCUT2D eigenvalue weighted by molar-refractivity contribution is -0.140. The summed E-state index contributed by atoms with van der Waals surface area (Å²) in [6.07, 6.45) is 4.81. The summed E-state index contributed by atoms with van der Waals surface area (Å²) in [7, 11) is 0. The van der Waals surface area contributed by atoms with E-state index in [9.17, 15) is 24.3 Å². The van der Waals surface area contributed by atoms with E-state index in [4.69, 9.17) is 0 Å². The molecule has 2 aromatic rings. The van der Waals surface area contributed by atoms with Gasteiger partial charge in [-0.05, 0) is 54.9 Å². The highest BCUT2D eigenvalue weighted by Crippen LogP contribution is 2.39. The lowest BCUT2D eigenvalue weighted by Gasteiger charge is -2.29. The minimum Gasteiger partial charge on any atom is -0.480 e. The zero-order valence-corrected chi connectivity index (χ0v) is 19.4. The topological polar surface area (TPSA) is 116 Å². The van der Waals surface area contributed by atoms with Crippen LogP contribution in [0.5, 0.6) is 0 Å². The summed E-state index contributed by atoms with van der Waals surface area (Å²) in [5.74, 6) is -2.20. The number of benzene rings is 2. The Morgan fingerprint density at radius 3 is 2.37 bits per heavy atom. The highest BCUT2D eigenvalue weighted by atomic mass is 16.4. The minimum atomic E-state index is -1.06. The van der Waals surface area contributed by atoms with Gasteiger partial charge in [0.25, 0.3) is 5.91 Å². The number of hydrogen-bond donors (Lipinski definition) is 3. The second-order valence-electron chi connectivity index (χ2n) is 9.65. The maximum absolute atomic E-state index is 13.6. The standard InChI is InChI=1S/C27H29N3O5/c31-24(18-9-2-1-3-10-18)29-22(16-7-4-5-8-16)25(32)28-20-14-13-17-11-6-12-19-15-21(27(34)35)30(23(17)19)26(20)33/h1-3,6,9-12,16,20-22H,4-5,7-8,13-15H2,(H,28,32)(H,29,31)(H,34,35)/t20-,21-,22-/m0/s1. The number of nitrogens with one attached hydrogen (secondary N) is 2. The summed E-state index contributed by atoms with van der Waals surface area (Å²) >= 11 is 0. The molecular weight excluding hydrogens is 446 g/mol. The molecule has 3 amide bonds. The van der Waals surface area contributed by atoms with E-state index in [1.54, 1.807) is 24.3 Å². The number of para-hydroxylation sites is 1. The number of anilines is 1. The van der Waals surface area contributed by atoms with Gasteiger partial charge in [-0.1, -0.05) is 49.2 Å². The van der Waals surface area contributed by atoms with Gasteiger partial charge in [-0.25, -0.2) is 4.79 Å². The molecule has 0 unspecified atom stereocenters. The van der Waals surface area contributed by atoms with Crippen LogP contribution in [0.15, 0.2) is 48.5 Å². The van der Waals surface area contributed by atoms with Gasteiger partial charge in [0.15, 0.2) is 0 Å². The Labute approximate surface area is 203 Å². The number of nitrogens with zero attached hydrogens (tertiary/aromatic N) is 1. The first-order chi connectivity index (χ1) is 16.9. The van der Waals surface area contributed by atoms with E-state index in [0.717, 1.165) is 36.8 Å². The van der Waals surface area contributed by atoms with Crippen molar-refractivity contribution in [1.82, 2.24) is 10.6 Å². The number of aryl methyl sites for hydroxylation is 1. The van der Waals surface area contributed by atoms with Crippen molar-refractivity contribution >= 4 is 29.4 Å². The van der Waals surface area contributed by atoms with Crippen LogP contribution in [0.4, 0.5) is 5.69 Å². The van der Waals surface area contributed by atoms with Gasteiger partial charge in [0.1, 0.15) is 18.1 Å². The molecule has 35 heavy (non-hydrogen) atoms. The summed E-state index contributed by atoms with van der Waals surface area (Å²) in [5.41, 5.74) is 2.90. The van der Waals surface area contributed by atoms with E-state index >= 15 is 0 Å². The fourth-order valence-electron chi connectivity index (χ4n) is 5.73. The van der Waals surface area contributed by atoms with E-state index in [-0.39, 0.29) is 18.2 Å². The van der Waals surface area contributed by atoms with Gasteiger partial charge >= 0.3 is 5.97 Å². The zero-order valence-electron chi connectivity index (χ0n) is 19.4. The minimum absolute atomic E-state index is 0.00843. The molecule has 3 N–H and O–H groups in total. The lowest BCUT2D eigenvalue weighted by atomic mass is 9.96. The van der Waals surface area contributed by atoms with E-state index < -0.39 is 35.9 Å². The van der Waals surface area contributed by atoms with Crippen LogP contribution >= 0.6 is 0 Å². The van der Waals surface area contributed by atoms with Crippen molar-refractivity contribution in [2.75, 3.05) is 4.90 Å². The third-order valence-electron chi connectivity index (χ3n) is 7.48. The van der Waals surface area contributed by atoms with E-state index in [1.807, 2.05) is 24.3 Å².